The Bertz CT molecular complexity index is 1480. The second kappa shape index (κ2) is 8.84. The van der Waals surface area contributed by atoms with E-state index >= 15 is 0 Å². The molecule has 2 amide bonds. The number of ether oxygens (including phenoxy) is 2. The fraction of sp³-hybridized carbons (Fsp3) is 0.148. The molecule has 3 aromatic carbocycles. The van der Waals surface area contributed by atoms with Crippen LogP contribution in [0.1, 0.15) is 30.0 Å². The Balaban J connectivity index is 1.43. The number of allylic oxidation sites excluding steroid dienone is 1. The smallest absolute Gasteiger partial charge is 0.322 e. The zero-order valence-corrected chi connectivity index (χ0v) is 19.3. The molecule has 0 saturated heterocycles. The molecule has 2 aliphatic heterocycles. The molecule has 0 fully saturated rings. The Labute approximate surface area is 206 Å². The largest absolute Gasteiger partial charge is 0.454 e. The summed E-state index contributed by atoms with van der Waals surface area (Å²) in [6, 6.07) is 20.2. The number of aromatic nitrogens is 2. The van der Waals surface area contributed by atoms with E-state index in [0.29, 0.717) is 46.3 Å². The van der Waals surface area contributed by atoms with Crippen molar-refractivity contribution in [3.8, 4) is 22.9 Å². The lowest BCUT2D eigenvalue weighted by Gasteiger charge is -2.35. The maximum absolute atomic E-state index is 14.1. The molecule has 3 heterocycles. The summed E-state index contributed by atoms with van der Waals surface area (Å²) in [7, 11) is 0. The van der Waals surface area contributed by atoms with Crippen LogP contribution >= 0.6 is 0 Å². The van der Waals surface area contributed by atoms with E-state index in [1.54, 1.807) is 29.2 Å². The molecule has 180 valence electrons. The van der Waals surface area contributed by atoms with Gasteiger partial charge in [0.05, 0.1) is 18.2 Å². The van der Waals surface area contributed by atoms with Gasteiger partial charge in [-0.2, -0.15) is 4.98 Å². The van der Waals surface area contributed by atoms with Crippen LogP contribution in [0.4, 0.5) is 9.18 Å². The molecule has 0 bridgehead atoms. The molecule has 9 heteroatoms. The molecule has 1 unspecified atom stereocenters. The number of halogens is 1. The van der Waals surface area contributed by atoms with Crippen molar-refractivity contribution in [2.75, 3.05) is 6.79 Å². The van der Waals surface area contributed by atoms with Crippen LogP contribution in [0.25, 0.3) is 17.0 Å². The Hall–Kier alpha value is -4.66. The molecule has 8 nitrogen and oxygen atoms in total. The van der Waals surface area contributed by atoms with E-state index in [9.17, 15) is 9.18 Å². The van der Waals surface area contributed by atoms with Gasteiger partial charge in [0, 0.05) is 11.3 Å². The van der Waals surface area contributed by atoms with Gasteiger partial charge in [-0.05, 0) is 48.4 Å². The molecule has 0 saturated carbocycles. The van der Waals surface area contributed by atoms with Crippen molar-refractivity contribution in [1.82, 2.24) is 20.4 Å². The van der Waals surface area contributed by atoms with Crippen LogP contribution in [0.2, 0.25) is 0 Å². The summed E-state index contributed by atoms with van der Waals surface area (Å²) in [6.07, 6.45) is 0. The van der Waals surface area contributed by atoms with Gasteiger partial charge in [-0.15, -0.1) is 0 Å². The number of hydrogen-bond donors (Lipinski definition) is 1. The van der Waals surface area contributed by atoms with Crippen molar-refractivity contribution < 1.29 is 23.2 Å². The summed E-state index contributed by atoms with van der Waals surface area (Å²) in [4.78, 5) is 19.4. The summed E-state index contributed by atoms with van der Waals surface area (Å²) in [6.45, 7) is 2.34. The lowest BCUT2D eigenvalue weighted by Crippen LogP contribution is -2.45. The van der Waals surface area contributed by atoms with Crippen LogP contribution in [-0.4, -0.2) is 27.9 Å². The van der Waals surface area contributed by atoms with E-state index in [0.717, 1.165) is 5.56 Å². The van der Waals surface area contributed by atoms with Gasteiger partial charge in [0.2, 0.25) is 12.6 Å². The molecule has 0 radical (unpaired) electrons. The third-order valence-corrected chi connectivity index (χ3v) is 6.25. The number of carbonyl (C=O) groups is 1. The minimum Gasteiger partial charge on any atom is -0.454 e. The highest BCUT2D eigenvalue weighted by atomic mass is 19.1. The zero-order chi connectivity index (χ0) is 24.6. The first-order valence-corrected chi connectivity index (χ1v) is 11.4. The number of fused-ring (bicyclic) bond motifs is 1. The van der Waals surface area contributed by atoms with Crippen LogP contribution in [0.15, 0.2) is 83.0 Å². The molecule has 0 spiro atoms. The SMILES string of the molecule is CC1=C(c2nc(-c3ccc4c(c3)OCO4)no2)C(c2cccc(F)c2)NC(=O)N1Cc1ccccc1. The quantitative estimate of drug-likeness (QED) is 0.413. The van der Waals surface area contributed by atoms with Crippen molar-refractivity contribution in [1.29, 1.82) is 0 Å². The topological polar surface area (TPSA) is 89.7 Å². The Kier molecular flexibility index (Phi) is 5.37. The molecule has 2 aliphatic rings. The molecule has 36 heavy (non-hydrogen) atoms. The van der Waals surface area contributed by atoms with E-state index in [1.807, 2.05) is 43.3 Å². The maximum Gasteiger partial charge on any atom is 0.322 e. The fourth-order valence-electron chi connectivity index (χ4n) is 4.44. The van der Waals surface area contributed by atoms with Gasteiger partial charge in [-0.25, -0.2) is 9.18 Å². The number of amides is 2. The van der Waals surface area contributed by atoms with E-state index < -0.39 is 11.9 Å². The van der Waals surface area contributed by atoms with E-state index in [-0.39, 0.29) is 18.7 Å². The van der Waals surface area contributed by atoms with Crippen LogP contribution in [0, 0.1) is 5.82 Å². The number of urea groups is 1. The highest BCUT2D eigenvalue weighted by molar-refractivity contribution is 5.87. The maximum atomic E-state index is 14.1. The van der Waals surface area contributed by atoms with Gasteiger partial charge >= 0.3 is 6.03 Å². The average molecular weight is 484 g/mol. The first kappa shape index (κ1) is 21.8. The molecule has 6 rings (SSSR count). The summed E-state index contributed by atoms with van der Waals surface area (Å²) >= 11 is 0. The molecular weight excluding hydrogens is 463 g/mol. The highest BCUT2D eigenvalue weighted by Gasteiger charge is 2.36. The lowest BCUT2D eigenvalue weighted by atomic mass is 9.94. The first-order valence-electron chi connectivity index (χ1n) is 11.4. The summed E-state index contributed by atoms with van der Waals surface area (Å²) in [5.41, 5.74) is 3.45. The minimum atomic E-state index is -0.676. The standard InChI is InChI=1S/C27H21FN4O4/c1-16-23(26-30-25(31-36-26)19-10-11-21-22(13-19)35-15-34-21)24(18-8-5-9-20(28)12-18)29-27(33)32(16)14-17-6-3-2-4-7-17/h2-13,24H,14-15H2,1H3,(H,29,33). The van der Waals surface area contributed by atoms with Gasteiger partial charge in [-0.3, -0.25) is 4.90 Å². The molecule has 4 aromatic rings. The van der Waals surface area contributed by atoms with Crippen LogP contribution < -0.4 is 14.8 Å². The van der Waals surface area contributed by atoms with Crippen molar-refractivity contribution in [2.24, 2.45) is 0 Å². The average Bonchev–Trinajstić information content (AvgIpc) is 3.56. The van der Waals surface area contributed by atoms with E-state index in [4.69, 9.17) is 14.0 Å². The van der Waals surface area contributed by atoms with E-state index in [1.165, 1.54) is 12.1 Å². The second-order valence-corrected chi connectivity index (χ2v) is 8.50. The Morgan fingerprint density at radius 3 is 2.69 bits per heavy atom. The monoisotopic (exact) mass is 484 g/mol. The van der Waals surface area contributed by atoms with Crippen LogP contribution in [0.5, 0.6) is 11.5 Å². The zero-order valence-electron chi connectivity index (χ0n) is 19.3. The second-order valence-electron chi connectivity index (χ2n) is 8.50. The third kappa shape index (κ3) is 3.94. The van der Waals surface area contributed by atoms with Gasteiger partial charge in [0.1, 0.15) is 5.82 Å². The summed E-state index contributed by atoms with van der Waals surface area (Å²) in [5.74, 6) is 1.43. The van der Waals surface area contributed by atoms with Crippen LogP contribution in [0.3, 0.4) is 0 Å². The highest BCUT2D eigenvalue weighted by Crippen LogP contribution is 2.39. The van der Waals surface area contributed by atoms with Gasteiger partial charge in [0.25, 0.3) is 5.89 Å². The molecule has 1 N–H and O–H groups in total. The predicted molar refractivity (Wildman–Crippen MR) is 128 cm³/mol. The normalized spacial score (nSPS) is 16.9. The number of hydrogen-bond acceptors (Lipinski definition) is 6. The third-order valence-electron chi connectivity index (χ3n) is 6.25. The van der Waals surface area contributed by atoms with E-state index in [2.05, 4.69) is 15.5 Å². The minimum absolute atomic E-state index is 0.161. The number of nitrogens with one attached hydrogen (secondary N) is 1. The van der Waals surface area contributed by atoms with Crippen molar-refractivity contribution in [3.05, 3.63) is 101 Å². The van der Waals surface area contributed by atoms with Crippen molar-refractivity contribution in [3.63, 3.8) is 0 Å². The number of nitrogens with zero attached hydrogens (tertiary/aromatic N) is 3. The van der Waals surface area contributed by atoms with Crippen LogP contribution in [-0.2, 0) is 6.54 Å². The van der Waals surface area contributed by atoms with Gasteiger partial charge in [-0.1, -0.05) is 47.6 Å². The summed E-state index contributed by atoms with van der Waals surface area (Å²) in [5, 5.41) is 7.16. The lowest BCUT2D eigenvalue weighted by molar-refractivity contribution is 0.174. The first-order chi connectivity index (χ1) is 17.6. The number of rotatable bonds is 5. The molecule has 0 aliphatic carbocycles. The number of carbonyl (C=O) groups excluding carboxylic acids is 1. The molecule has 1 aromatic heterocycles. The number of benzene rings is 3. The fourth-order valence-corrected chi connectivity index (χ4v) is 4.44. The van der Waals surface area contributed by atoms with Crippen molar-refractivity contribution in [2.45, 2.75) is 19.5 Å². The molecule has 1 atom stereocenters. The Morgan fingerprint density at radius 2 is 1.86 bits per heavy atom. The Morgan fingerprint density at radius 1 is 1.03 bits per heavy atom. The summed E-state index contributed by atoms with van der Waals surface area (Å²) < 4.78 is 30.7. The molecular formula is C27H21FN4O4. The van der Waals surface area contributed by atoms with Gasteiger partial charge < -0.3 is 19.3 Å². The van der Waals surface area contributed by atoms with Crippen molar-refractivity contribution >= 4 is 11.6 Å². The predicted octanol–water partition coefficient (Wildman–Crippen LogP) is 5.30. The van der Waals surface area contributed by atoms with Gasteiger partial charge in [0.15, 0.2) is 11.5 Å².